The number of rotatable bonds is 4. The smallest absolute Gasteiger partial charge is 0.315 e. The summed E-state index contributed by atoms with van der Waals surface area (Å²) in [5.74, 6) is 0.342. The Morgan fingerprint density at radius 3 is 2.65 bits per heavy atom. The summed E-state index contributed by atoms with van der Waals surface area (Å²) in [6.07, 6.45) is 0.932. The maximum Gasteiger partial charge on any atom is 0.315 e. The van der Waals surface area contributed by atoms with Gasteiger partial charge in [-0.2, -0.15) is 0 Å². The molecule has 0 aromatic carbocycles. The van der Waals surface area contributed by atoms with Gasteiger partial charge in [0.15, 0.2) is 0 Å². The van der Waals surface area contributed by atoms with E-state index in [-0.39, 0.29) is 17.0 Å². The molecule has 0 radical (unpaired) electrons. The predicted molar refractivity (Wildman–Crippen MR) is 81.9 cm³/mol. The van der Waals surface area contributed by atoms with Crippen LogP contribution in [0.5, 0.6) is 0 Å². The Kier molecular flexibility index (Phi) is 6.27. The second-order valence-corrected chi connectivity index (χ2v) is 7.60. The Labute approximate surface area is 123 Å². The van der Waals surface area contributed by atoms with Crippen molar-refractivity contribution in [3.63, 3.8) is 0 Å². The van der Waals surface area contributed by atoms with E-state index in [0.29, 0.717) is 19.1 Å². The van der Waals surface area contributed by atoms with E-state index in [1.54, 1.807) is 0 Å². The van der Waals surface area contributed by atoms with Crippen molar-refractivity contribution in [3.05, 3.63) is 0 Å². The average molecular weight is 285 g/mol. The Morgan fingerprint density at radius 2 is 2.00 bits per heavy atom. The SMILES string of the molecule is CC(C)(C)CC(C)(C)NC(=O)NC[C@@H]1CNCCOC1. The number of nitrogens with one attached hydrogen (secondary N) is 3. The zero-order valence-corrected chi connectivity index (χ0v) is 13.6. The lowest BCUT2D eigenvalue weighted by Gasteiger charge is -2.33. The summed E-state index contributed by atoms with van der Waals surface area (Å²) in [5.41, 5.74) is -0.0175. The van der Waals surface area contributed by atoms with E-state index in [1.165, 1.54) is 0 Å². The van der Waals surface area contributed by atoms with E-state index in [9.17, 15) is 4.79 Å². The molecule has 0 spiro atoms. The molecule has 0 unspecified atom stereocenters. The molecule has 0 aliphatic carbocycles. The van der Waals surface area contributed by atoms with E-state index < -0.39 is 0 Å². The summed E-state index contributed by atoms with van der Waals surface area (Å²) < 4.78 is 5.47. The van der Waals surface area contributed by atoms with Crippen molar-refractivity contribution in [3.8, 4) is 0 Å². The van der Waals surface area contributed by atoms with Crippen molar-refractivity contribution in [2.45, 2.75) is 46.6 Å². The van der Waals surface area contributed by atoms with Gasteiger partial charge in [0.05, 0.1) is 13.2 Å². The summed E-state index contributed by atoms with van der Waals surface area (Å²) in [5, 5.41) is 9.31. The molecule has 2 amide bonds. The van der Waals surface area contributed by atoms with Crippen molar-refractivity contribution in [1.29, 1.82) is 0 Å². The molecule has 118 valence electrons. The van der Waals surface area contributed by atoms with Crippen LogP contribution in [0, 0.1) is 11.3 Å². The van der Waals surface area contributed by atoms with E-state index >= 15 is 0 Å². The van der Waals surface area contributed by atoms with Crippen molar-refractivity contribution < 1.29 is 9.53 Å². The van der Waals surface area contributed by atoms with Crippen molar-refractivity contribution >= 4 is 6.03 Å². The average Bonchev–Trinajstić information content (AvgIpc) is 2.50. The van der Waals surface area contributed by atoms with Crippen molar-refractivity contribution in [1.82, 2.24) is 16.0 Å². The molecule has 1 heterocycles. The largest absolute Gasteiger partial charge is 0.380 e. The van der Waals surface area contributed by atoms with Crippen LogP contribution in [0.3, 0.4) is 0 Å². The van der Waals surface area contributed by atoms with Gasteiger partial charge in [0.2, 0.25) is 0 Å². The molecule has 1 rings (SSSR count). The van der Waals surface area contributed by atoms with Crippen LogP contribution >= 0.6 is 0 Å². The zero-order valence-electron chi connectivity index (χ0n) is 13.6. The molecular weight excluding hydrogens is 254 g/mol. The highest BCUT2D eigenvalue weighted by Gasteiger charge is 2.27. The van der Waals surface area contributed by atoms with Crippen LogP contribution in [0.2, 0.25) is 0 Å². The van der Waals surface area contributed by atoms with Gasteiger partial charge in [-0.3, -0.25) is 0 Å². The first-order valence-electron chi connectivity index (χ1n) is 7.52. The number of ether oxygens (including phenoxy) is 1. The number of carbonyl (C=O) groups is 1. The molecule has 0 saturated carbocycles. The lowest BCUT2D eigenvalue weighted by molar-refractivity contribution is 0.123. The first-order valence-corrected chi connectivity index (χ1v) is 7.52. The number of hydrogen-bond donors (Lipinski definition) is 3. The number of urea groups is 1. The fourth-order valence-electron chi connectivity index (χ4n) is 2.85. The van der Waals surface area contributed by atoms with Gasteiger partial charge in [-0.05, 0) is 25.7 Å². The fraction of sp³-hybridized carbons (Fsp3) is 0.933. The molecule has 20 heavy (non-hydrogen) atoms. The van der Waals surface area contributed by atoms with Crippen molar-refractivity contribution in [2.75, 3.05) is 32.8 Å². The number of amides is 2. The van der Waals surface area contributed by atoms with E-state index in [0.717, 1.165) is 26.1 Å². The Balaban J connectivity index is 2.31. The summed E-state index contributed by atoms with van der Waals surface area (Å²) in [4.78, 5) is 12.0. The zero-order chi connectivity index (χ0) is 15.2. The van der Waals surface area contributed by atoms with Gasteiger partial charge in [-0.15, -0.1) is 0 Å². The molecule has 3 N–H and O–H groups in total. The molecule has 0 bridgehead atoms. The molecule has 5 heteroatoms. The Hall–Kier alpha value is -0.810. The summed E-state index contributed by atoms with van der Waals surface area (Å²) in [6.45, 7) is 14.6. The predicted octanol–water partition coefficient (Wildman–Crippen LogP) is 1.74. The van der Waals surface area contributed by atoms with E-state index in [2.05, 4.69) is 50.6 Å². The topological polar surface area (TPSA) is 62.4 Å². The molecule has 0 aromatic heterocycles. The third kappa shape index (κ3) is 7.70. The monoisotopic (exact) mass is 285 g/mol. The second-order valence-electron chi connectivity index (χ2n) is 7.60. The van der Waals surface area contributed by atoms with E-state index in [4.69, 9.17) is 4.74 Å². The first-order chi connectivity index (χ1) is 9.18. The third-order valence-electron chi connectivity index (χ3n) is 3.19. The molecule has 1 atom stereocenters. The van der Waals surface area contributed by atoms with Gasteiger partial charge in [0.1, 0.15) is 0 Å². The minimum Gasteiger partial charge on any atom is -0.380 e. The summed E-state index contributed by atoms with van der Waals surface area (Å²) in [6, 6.07) is -0.0940. The van der Waals surface area contributed by atoms with Gasteiger partial charge in [-0.25, -0.2) is 4.79 Å². The number of hydrogen-bond acceptors (Lipinski definition) is 3. The van der Waals surface area contributed by atoms with Crippen LogP contribution in [-0.4, -0.2) is 44.4 Å². The maximum atomic E-state index is 12.0. The number of carbonyl (C=O) groups excluding carboxylic acids is 1. The molecule has 1 aliphatic rings. The molecule has 1 aliphatic heterocycles. The van der Waals surface area contributed by atoms with Crippen LogP contribution in [-0.2, 0) is 4.74 Å². The molecule has 0 aromatic rings. The first kappa shape index (κ1) is 17.2. The van der Waals surface area contributed by atoms with Gasteiger partial charge >= 0.3 is 6.03 Å². The Bertz CT molecular complexity index is 303. The second kappa shape index (κ2) is 7.27. The normalized spacial score (nSPS) is 21.1. The lowest BCUT2D eigenvalue weighted by atomic mass is 9.82. The lowest BCUT2D eigenvalue weighted by Crippen LogP contribution is -2.51. The summed E-state index contributed by atoms with van der Waals surface area (Å²) >= 11 is 0. The van der Waals surface area contributed by atoms with Gasteiger partial charge in [-0.1, -0.05) is 20.8 Å². The quantitative estimate of drug-likeness (QED) is 0.737. The summed E-state index contributed by atoms with van der Waals surface area (Å²) in [7, 11) is 0. The van der Waals surface area contributed by atoms with Crippen LogP contribution in [0.1, 0.15) is 41.0 Å². The minimum absolute atomic E-state index is 0.0940. The highest BCUT2D eigenvalue weighted by Crippen LogP contribution is 2.26. The molecular formula is C15H31N3O2. The molecule has 5 nitrogen and oxygen atoms in total. The molecule has 1 saturated heterocycles. The van der Waals surface area contributed by atoms with Crippen molar-refractivity contribution in [2.24, 2.45) is 11.3 Å². The fourth-order valence-corrected chi connectivity index (χ4v) is 2.85. The Morgan fingerprint density at radius 1 is 1.30 bits per heavy atom. The van der Waals surface area contributed by atoms with Gasteiger partial charge in [0, 0.05) is 31.1 Å². The maximum absolute atomic E-state index is 12.0. The standard InChI is InChI=1S/C15H31N3O2/c1-14(2,3)11-15(4,5)18-13(19)17-9-12-8-16-6-7-20-10-12/h12,16H,6-11H2,1-5H3,(H2,17,18,19)/t12-/m0/s1. The minimum atomic E-state index is -0.208. The van der Waals surface area contributed by atoms with Crippen LogP contribution in [0.15, 0.2) is 0 Å². The molecule has 1 fully saturated rings. The van der Waals surface area contributed by atoms with Crippen LogP contribution in [0.4, 0.5) is 4.79 Å². The van der Waals surface area contributed by atoms with Gasteiger partial charge in [0.25, 0.3) is 0 Å². The highest BCUT2D eigenvalue weighted by atomic mass is 16.5. The highest BCUT2D eigenvalue weighted by molar-refractivity contribution is 5.74. The van der Waals surface area contributed by atoms with Crippen LogP contribution in [0.25, 0.3) is 0 Å². The van der Waals surface area contributed by atoms with Crippen LogP contribution < -0.4 is 16.0 Å². The third-order valence-corrected chi connectivity index (χ3v) is 3.19. The van der Waals surface area contributed by atoms with E-state index in [1.807, 2.05) is 0 Å². The van der Waals surface area contributed by atoms with Gasteiger partial charge < -0.3 is 20.7 Å².